The van der Waals surface area contributed by atoms with Crippen LogP contribution in [0.1, 0.15) is 59.8 Å². The number of rotatable bonds is 13. The zero-order valence-corrected chi connectivity index (χ0v) is 22.5. The van der Waals surface area contributed by atoms with Crippen molar-refractivity contribution < 1.29 is 24.2 Å². The molecule has 3 heterocycles. The van der Waals surface area contributed by atoms with Gasteiger partial charge in [-0.15, -0.1) is 24.9 Å². The van der Waals surface area contributed by atoms with E-state index in [2.05, 4.69) is 13.2 Å². The Morgan fingerprint density at radius 3 is 2.57 bits per heavy atom. The predicted molar refractivity (Wildman–Crippen MR) is 139 cm³/mol. The van der Waals surface area contributed by atoms with Gasteiger partial charge in [0, 0.05) is 17.8 Å². The number of carbonyl (C=O) groups excluding carboxylic acids is 3. The van der Waals surface area contributed by atoms with Crippen molar-refractivity contribution in [2.75, 3.05) is 19.8 Å². The molecule has 0 aliphatic carbocycles. The van der Waals surface area contributed by atoms with Crippen molar-refractivity contribution >= 4 is 29.5 Å². The molecule has 196 valence electrons. The first-order valence-corrected chi connectivity index (χ1v) is 13.8. The molecule has 2 amide bonds. The number of unbranched alkanes of at least 4 members (excludes halogenated alkanes) is 1. The second-order valence-corrected chi connectivity index (χ2v) is 12.3. The van der Waals surface area contributed by atoms with E-state index >= 15 is 0 Å². The summed E-state index contributed by atoms with van der Waals surface area (Å²) in [6.45, 7) is 16.0. The Kier molecular flexibility index (Phi) is 9.13. The number of hydrogen-bond acceptors (Lipinski definition) is 6. The number of likely N-dealkylation sites (tertiary alicyclic amines) is 1. The van der Waals surface area contributed by atoms with Crippen LogP contribution in [0.25, 0.3) is 0 Å². The Morgan fingerprint density at radius 1 is 1.29 bits per heavy atom. The molecule has 2 unspecified atom stereocenters. The molecule has 3 aliphatic heterocycles. The van der Waals surface area contributed by atoms with E-state index < -0.39 is 28.7 Å². The quantitative estimate of drug-likeness (QED) is 0.234. The largest absolute Gasteiger partial charge is 0.465 e. The van der Waals surface area contributed by atoms with Crippen LogP contribution in [0, 0.1) is 17.8 Å². The SMILES string of the molecule is C=CCCCOC(=O)[C@@H]1[C@@H]2CCC3(S2)C(C(=O)N(CC=C)C(C)C)N([C@@H](CO)CC(C)C)C(=O)[C@H]13. The molecule has 2 bridgehead atoms. The molecule has 3 saturated heterocycles. The monoisotopic (exact) mass is 506 g/mol. The van der Waals surface area contributed by atoms with Gasteiger partial charge in [0.25, 0.3) is 0 Å². The van der Waals surface area contributed by atoms with E-state index in [0.29, 0.717) is 32.4 Å². The highest BCUT2D eigenvalue weighted by Gasteiger charge is 2.74. The number of ether oxygens (including phenoxy) is 1. The molecule has 3 aliphatic rings. The lowest BCUT2D eigenvalue weighted by Gasteiger charge is -2.41. The number of thioether (sulfide) groups is 1. The summed E-state index contributed by atoms with van der Waals surface area (Å²) in [5.74, 6) is -1.57. The highest BCUT2D eigenvalue weighted by Crippen LogP contribution is 2.67. The third-order valence-electron chi connectivity index (χ3n) is 7.62. The van der Waals surface area contributed by atoms with Gasteiger partial charge < -0.3 is 19.6 Å². The number of hydrogen-bond donors (Lipinski definition) is 1. The van der Waals surface area contributed by atoms with Crippen LogP contribution in [-0.2, 0) is 19.1 Å². The van der Waals surface area contributed by atoms with Gasteiger partial charge in [-0.3, -0.25) is 14.4 Å². The maximum Gasteiger partial charge on any atom is 0.310 e. The van der Waals surface area contributed by atoms with E-state index in [1.165, 1.54) is 0 Å². The van der Waals surface area contributed by atoms with Crippen LogP contribution < -0.4 is 0 Å². The smallest absolute Gasteiger partial charge is 0.310 e. The third kappa shape index (κ3) is 5.06. The Labute approximate surface area is 214 Å². The van der Waals surface area contributed by atoms with Gasteiger partial charge in [-0.2, -0.15) is 0 Å². The number of aliphatic hydroxyl groups is 1. The summed E-state index contributed by atoms with van der Waals surface area (Å²) in [4.78, 5) is 44.9. The Bertz CT molecular complexity index is 830. The number of fused-ring (bicyclic) bond motifs is 1. The fourth-order valence-corrected chi connectivity index (χ4v) is 8.39. The van der Waals surface area contributed by atoms with Crippen molar-refractivity contribution in [1.29, 1.82) is 0 Å². The molecule has 0 aromatic rings. The van der Waals surface area contributed by atoms with Crippen LogP contribution in [-0.4, -0.2) is 80.6 Å². The Balaban J connectivity index is 2.01. The van der Waals surface area contributed by atoms with Gasteiger partial charge in [-0.25, -0.2) is 0 Å². The van der Waals surface area contributed by atoms with Crippen LogP contribution in [0.4, 0.5) is 0 Å². The molecule has 3 fully saturated rings. The summed E-state index contributed by atoms with van der Waals surface area (Å²) in [5, 5.41) is 10.3. The second kappa shape index (κ2) is 11.5. The van der Waals surface area contributed by atoms with Crippen molar-refractivity contribution in [3.8, 4) is 0 Å². The number of nitrogens with zero attached hydrogens (tertiary/aromatic N) is 2. The second-order valence-electron chi connectivity index (χ2n) is 10.7. The predicted octanol–water partition coefficient (Wildman–Crippen LogP) is 3.42. The topological polar surface area (TPSA) is 87.2 Å². The van der Waals surface area contributed by atoms with Gasteiger partial charge in [0.1, 0.15) is 6.04 Å². The Hall–Kier alpha value is -1.80. The average Bonchev–Trinajstić information content (AvgIpc) is 3.45. The number of esters is 1. The zero-order chi connectivity index (χ0) is 25.9. The first-order valence-electron chi connectivity index (χ1n) is 12.9. The van der Waals surface area contributed by atoms with Gasteiger partial charge >= 0.3 is 5.97 Å². The van der Waals surface area contributed by atoms with Crippen molar-refractivity contribution in [2.24, 2.45) is 17.8 Å². The van der Waals surface area contributed by atoms with Crippen LogP contribution in [0.2, 0.25) is 0 Å². The molecule has 35 heavy (non-hydrogen) atoms. The van der Waals surface area contributed by atoms with Crippen molar-refractivity contribution in [2.45, 2.75) is 87.9 Å². The van der Waals surface area contributed by atoms with Gasteiger partial charge in [0.2, 0.25) is 11.8 Å². The van der Waals surface area contributed by atoms with E-state index in [4.69, 9.17) is 4.74 Å². The van der Waals surface area contributed by atoms with E-state index in [9.17, 15) is 19.5 Å². The van der Waals surface area contributed by atoms with Crippen LogP contribution >= 0.6 is 11.8 Å². The van der Waals surface area contributed by atoms with E-state index in [0.717, 1.165) is 12.8 Å². The maximum absolute atomic E-state index is 14.1. The Morgan fingerprint density at radius 2 is 2.00 bits per heavy atom. The molecular weight excluding hydrogens is 464 g/mol. The lowest BCUT2D eigenvalue weighted by atomic mass is 9.71. The molecule has 8 heteroatoms. The molecule has 1 N–H and O–H groups in total. The molecule has 0 radical (unpaired) electrons. The van der Waals surface area contributed by atoms with Gasteiger partial charge in [0.15, 0.2) is 0 Å². The molecule has 0 saturated carbocycles. The summed E-state index contributed by atoms with van der Waals surface area (Å²) in [7, 11) is 0. The number of aliphatic hydroxyl groups excluding tert-OH is 1. The highest BCUT2D eigenvalue weighted by atomic mass is 32.2. The number of carbonyl (C=O) groups is 3. The first kappa shape index (κ1) is 27.8. The summed E-state index contributed by atoms with van der Waals surface area (Å²) in [6, 6.07) is -1.26. The fraction of sp³-hybridized carbons (Fsp3) is 0.741. The lowest BCUT2D eigenvalue weighted by molar-refractivity contribution is -0.154. The average molecular weight is 507 g/mol. The van der Waals surface area contributed by atoms with Gasteiger partial charge in [-0.05, 0) is 51.9 Å². The zero-order valence-electron chi connectivity index (χ0n) is 21.7. The molecular formula is C27H42N2O5S. The first-order chi connectivity index (χ1) is 16.6. The minimum atomic E-state index is -0.716. The molecule has 1 spiro atoms. The van der Waals surface area contributed by atoms with Crippen molar-refractivity contribution in [3.05, 3.63) is 25.3 Å². The fourth-order valence-electron chi connectivity index (χ4n) is 6.20. The summed E-state index contributed by atoms with van der Waals surface area (Å²) in [5.41, 5.74) is 0. The van der Waals surface area contributed by atoms with Crippen LogP contribution in [0.15, 0.2) is 25.3 Å². The molecule has 0 aromatic heterocycles. The molecule has 7 nitrogen and oxygen atoms in total. The summed E-state index contributed by atoms with van der Waals surface area (Å²) < 4.78 is 4.93. The van der Waals surface area contributed by atoms with E-state index in [1.54, 1.807) is 33.7 Å². The normalized spacial score (nSPS) is 30.0. The number of allylic oxidation sites excluding steroid dienone is 1. The maximum atomic E-state index is 14.1. The van der Waals surface area contributed by atoms with Crippen LogP contribution in [0.3, 0.4) is 0 Å². The minimum Gasteiger partial charge on any atom is -0.465 e. The third-order valence-corrected chi connectivity index (χ3v) is 9.57. The molecule has 0 aromatic carbocycles. The van der Waals surface area contributed by atoms with Gasteiger partial charge in [-0.1, -0.05) is 26.0 Å². The molecule has 6 atom stereocenters. The van der Waals surface area contributed by atoms with Gasteiger partial charge in [0.05, 0.1) is 35.8 Å². The summed E-state index contributed by atoms with van der Waals surface area (Å²) >= 11 is 1.63. The number of amides is 2. The van der Waals surface area contributed by atoms with Crippen molar-refractivity contribution in [3.63, 3.8) is 0 Å². The minimum absolute atomic E-state index is 0.0297. The highest BCUT2D eigenvalue weighted by molar-refractivity contribution is 8.02. The molecule has 3 rings (SSSR count). The lowest BCUT2D eigenvalue weighted by Crippen LogP contribution is -2.58. The van der Waals surface area contributed by atoms with Crippen molar-refractivity contribution in [1.82, 2.24) is 9.80 Å². The van der Waals surface area contributed by atoms with E-state index in [1.807, 2.05) is 27.7 Å². The standard InChI is InChI=1S/C27H42N2O5S/c1-7-9-10-14-34-26(33)21-20-11-12-27(35-20)22(21)24(31)29(19(16-30)15-17(3)4)23(27)25(32)28(13-8-2)18(5)6/h7-8,17-23,30H,1-2,9-16H2,3-6H3/t19-,20+,21-,22+,23?,27?/m1/s1. The summed E-state index contributed by atoms with van der Waals surface area (Å²) in [6.07, 6.45) is 7.01. The van der Waals surface area contributed by atoms with E-state index in [-0.39, 0.29) is 41.6 Å². The van der Waals surface area contributed by atoms with Crippen LogP contribution in [0.5, 0.6) is 0 Å².